The van der Waals surface area contributed by atoms with Gasteiger partial charge in [0.1, 0.15) is 0 Å². The van der Waals surface area contributed by atoms with Crippen molar-refractivity contribution in [2.75, 3.05) is 31.6 Å². The van der Waals surface area contributed by atoms with E-state index in [0.29, 0.717) is 11.5 Å². The summed E-state index contributed by atoms with van der Waals surface area (Å²) in [7, 11) is 2.37. The van der Waals surface area contributed by atoms with Gasteiger partial charge in [0.05, 0.1) is 0 Å². The summed E-state index contributed by atoms with van der Waals surface area (Å²) < 4.78 is 0. The minimum atomic E-state index is 0.527. The minimum Gasteiger partial charge on any atom is -0.314 e. The molecule has 2 fully saturated rings. The van der Waals surface area contributed by atoms with Gasteiger partial charge >= 0.3 is 0 Å². The van der Waals surface area contributed by atoms with Crippen LogP contribution in [-0.2, 0) is 0 Å². The molecule has 3 heteroatoms. The van der Waals surface area contributed by atoms with E-state index in [-0.39, 0.29) is 0 Å². The molecule has 1 heterocycles. The van der Waals surface area contributed by atoms with Crippen molar-refractivity contribution < 1.29 is 0 Å². The normalized spacial score (nSPS) is 35.1. The Balaban J connectivity index is 1.94. The Morgan fingerprint density at radius 2 is 1.95 bits per heavy atom. The highest BCUT2D eigenvalue weighted by Gasteiger charge is 2.36. The largest absolute Gasteiger partial charge is 0.314 e. The molecule has 2 rings (SSSR count). The average Bonchev–Trinajstić information content (AvgIpc) is 2.94. The van der Waals surface area contributed by atoms with Gasteiger partial charge in [-0.2, -0.15) is 11.8 Å². The number of thioether (sulfide) groups is 1. The zero-order valence-electron chi connectivity index (χ0n) is 14.0. The third-order valence-corrected chi connectivity index (χ3v) is 6.48. The molecule has 0 bridgehead atoms. The third-order valence-electron chi connectivity index (χ3n) is 5.33. The molecule has 0 spiro atoms. The Kier molecular flexibility index (Phi) is 6.25. The molecule has 0 amide bonds. The lowest BCUT2D eigenvalue weighted by molar-refractivity contribution is 0.0816. The van der Waals surface area contributed by atoms with Gasteiger partial charge in [-0.25, -0.2) is 0 Å². The molecule has 1 atom stereocenters. The summed E-state index contributed by atoms with van der Waals surface area (Å²) in [5.41, 5.74) is 0.527. The molecule has 0 aromatic heterocycles. The molecule has 118 valence electrons. The highest BCUT2D eigenvalue weighted by atomic mass is 32.2. The lowest BCUT2D eigenvalue weighted by Crippen LogP contribution is -2.48. The van der Waals surface area contributed by atoms with Crippen LogP contribution in [0.1, 0.15) is 52.9 Å². The van der Waals surface area contributed by atoms with E-state index in [1.54, 1.807) is 0 Å². The van der Waals surface area contributed by atoms with Crippen molar-refractivity contribution in [3.8, 4) is 0 Å². The van der Waals surface area contributed by atoms with Crippen LogP contribution in [0.5, 0.6) is 0 Å². The number of hydrogen-bond donors (Lipinski definition) is 1. The third kappa shape index (κ3) is 4.64. The monoisotopic (exact) mass is 298 g/mol. The summed E-state index contributed by atoms with van der Waals surface area (Å²) in [4.78, 5) is 2.68. The fraction of sp³-hybridized carbons (Fsp3) is 1.00. The van der Waals surface area contributed by atoms with Gasteiger partial charge in [-0.1, -0.05) is 33.6 Å². The number of nitrogens with one attached hydrogen (secondary N) is 1. The van der Waals surface area contributed by atoms with Crippen molar-refractivity contribution in [1.29, 1.82) is 0 Å². The fourth-order valence-corrected chi connectivity index (χ4v) is 5.01. The SMILES string of the molecule is CC1CCC(CNC(C)C)(CN(C)C2CCSC2)CC1. The lowest BCUT2D eigenvalue weighted by atomic mass is 9.70. The Hall–Kier alpha value is 0.270. The van der Waals surface area contributed by atoms with Crippen molar-refractivity contribution in [1.82, 2.24) is 10.2 Å². The van der Waals surface area contributed by atoms with Crippen LogP contribution in [0.15, 0.2) is 0 Å². The molecule has 1 saturated carbocycles. The Bertz CT molecular complexity index is 279. The Labute approximate surface area is 130 Å². The van der Waals surface area contributed by atoms with Crippen LogP contribution < -0.4 is 5.32 Å². The van der Waals surface area contributed by atoms with Gasteiger partial charge in [0, 0.05) is 30.9 Å². The van der Waals surface area contributed by atoms with Gasteiger partial charge in [-0.05, 0) is 43.4 Å². The van der Waals surface area contributed by atoms with E-state index in [1.165, 1.54) is 56.7 Å². The van der Waals surface area contributed by atoms with Crippen LogP contribution in [0.2, 0.25) is 0 Å². The van der Waals surface area contributed by atoms with E-state index in [0.717, 1.165) is 12.0 Å². The number of rotatable bonds is 6. The van der Waals surface area contributed by atoms with Crippen LogP contribution in [0.4, 0.5) is 0 Å². The molecular weight excluding hydrogens is 264 g/mol. The van der Waals surface area contributed by atoms with Crippen molar-refractivity contribution >= 4 is 11.8 Å². The van der Waals surface area contributed by atoms with Crippen molar-refractivity contribution in [3.63, 3.8) is 0 Å². The highest BCUT2D eigenvalue weighted by Crippen LogP contribution is 2.40. The molecule has 1 N–H and O–H groups in total. The van der Waals surface area contributed by atoms with Crippen molar-refractivity contribution in [2.45, 2.75) is 65.0 Å². The Morgan fingerprint density at radius 3 is 2.50 bits per heavy atom. The molecule has 20 heavy (non-hydrogen) atoms. The molecule has 1 aliphatic carbocycles. The topological polar surface area (TPSA) is 15.3 Å². The maximum atomic E-state index is 3.73. The van der Waals surface area contributed by atoms with E-state index < -0.39 is 0 Å². The lowest BCUT2D eigenvalue weighted by Gasteiger charge is -2.44. The molecule has 1 unspecified atom stereocenters. The molecule has 2 nitrogen and oxygen atoms in total. The molecule has 0 aromatic rings. The quantitative estimate of drug-likeness (QED) is 0.806. The van der Waals surface area contributed by atoms with Crippen molar-refractivity contribution in [3.05, 3.63) is 0 Å². The second kappa shape index (κ2) is 7.51. The summed E-state index contributed by atoms with van der Waals surface area (Å²) in [5.74, 6) is 3.65. The molecule has 1 aliphatic heterocycles. The number of nitrogens with zero attached hydrogens (tertiary/aromatic N) is 1. The predicted molar refractivity (Wildman–Crippen MR) is 91.6 cm³/mol. The predicted octanol–water partition coefficient (Wildman–Crippen LogP) is 3.62. The van der Waals surface area contributed by atoms with E-state index in [1.807, 2.05) is 0 Å². The van der Waals surface area contributed by atoms with Gasteiger partial charge in [0.15, 0.2) is 0 Å². The van der Waals surface area contributed by atoms with Gasteiger partial charge in [0.2, 0.25) is 0 Å². The van der Waals surface area contributed by atoms with Crippen LogP contribution in [-0.4, -0.2) is 48.6 Å². The van der Waals surface area contributed by atoms with Crippen LogP contribution in [0.25, 0.3) is 0 Å². The molecular formula is C17H34N2S. The first-order valence-electron chi connectivity index (χ1n) is 8.52. The second-order valence-corrected chi connectivity index (χ2v) is 8.80. The maximum absolute atomic E-state index is 3.73. The minimum absolute atomic E-state index is 0.527. The van der Waals surface area contributed by atoms with E-state index in [4.69, 9.17) is 0 Å². The first-order valence-corrected chi connectivity index (χ1v) is 9.68. The summed E-state index contributed by atoms with van der Waals surface area (Å²) in [6.45, 7) is 9.48. The number of hydrogen-bond acceptors (Lipinski definition) is 3. The van der Waals surface area contributed by atoms with Gasteiger partial charge < -0.3 is 10.2 Å². The average molecular weight is 299 g/mol. The first-order chi connectivity index (χ1) is 9.51. The zero-order valence-corrected chi connectivity index (χ0v) is 14.8. The maximum Gasteiger partial charge on any atom is 0.0191 e. The summed E-state index contributed by atoms with van der Waals surface area (Å²) in [6.07, 6.45) is 7.07. The molecule has 1 saturated heterocycles. The van der Waals surface area contributed by atoms with Crippen LogP contribution in [0.3, 0.4) is 0 Å². The van der Waals surface area contributed by atoms with Crippen LogP contribution >= 0.6 is 11.8 Å². The summed E-state index contributed by atoms with van der Waals surface area (Å²) in [5, 5.41) is 3.73. The van der Waals surface area contributed by atoms with Gasteiger partial charge in [-0.15, -0.1) is 0 Å². The van der Waals surface area contributed by atoms with Gasteiger partial charge in [-0.3, -0.25) is 0 Å². The highest BCUT2D eigenvalue weighted by molar-refractivity contribution is 7.99. The second-order valence-electron chi connectivity index (χ2n) is 7.65. The summed E-state index contributed by atoms with van der Waals surface area (Å²) >= 11 is 2.13. The van der Waals surface area contributed by atoms with E-state index >= 15 is 0 Å². The molecule has 0 radical (unpaired) electrons. The van der Waals surface area contributed by atoms with E-state index in [9.17, 15) is 0 Å². The summed E-state index contributed by atoms with van der Waals surface area (Å²) in [6, 6.07) is 1.44. The van der Waals surface area contributed by atoms with Crippen LogP contribution in [0, 0.1) is 11.3 Å². The molecule has 2 aliphatic rings. The van der Waals surface area contributed by atoms with Gasteiger partial charge in [0.25, 0.3) is 0 Å². The molecule has 0 aromatic carbocycles. The van der Waals surface area contributed by atoms with Crippen molar-refractivity contribution in [2.24, 2.45) is 11.3 Å². The first kappa shape index (κ1) is 16.6. The fourth-order valence-electron chi connectivity index (χ4n) is 3.71. The zero-order chi connectivity index (χ0) is 14.6. The van der Waals surface area contributed by atoms with E-state index in [2.05, 4.69) is 49.8 Å². The standard InChI is InChI=1S/C17H34N2S/c1-14(2)18-12-17(8-5-15(3)6-9-17)13-19(4)16-7-10-20-11-16/h14-16,18H,5-13H2,1-4H3. The smallest absolute Gasteiger partial charge is 0.0191 e. The Morgan fingerprint density at radius 1 is 1.25 bits per heavy atom.